The first-order valence-electron chi connectivity index (χ1n) is 9.16. The zero-order valence-corrected chi connectivity index (χ0v) is 14.5. The van der Waals surface area contributed by atoms with Crippen molar-refractivity contribution in [2.75, 3.05) is 11.9 Å². The molecule has 4 heteroatoms. The smallest absolute Gasteiger partial charge is 0.190 e. The fourth-order valence-electron chi connectivity index (χ4n) is 4.30. The van der Waals surface area contributed by atoms with Crippen molar-refractivity contribution in [1.29, 1.82) is 0 Å². The minimum absolute atomic E-state index is 0.188. The maximum Gasteiger partial charge on any atom is 0.190 e. The third-order valence-corrected chi connectivity index (χ3v) is 5.47. The highest BCUT2D eigenvalue weighted by Gasteiger charge is 2.28. The number of phenols is 1. The number of nitrogens with zero attached hydrogens (tertiary/aromatic N) is 1. The normalized spacial score (nSPS) is 14.8. The number of hydrogen-bond acceptors (Lipinski definition) is 3. The van der Waals surface area contributed by atoms with Crippen molar-refractivity contribution in [3.63, 3.8) is 0 Å². The van der Waals surface area contributed by atoms with Crippen molar-refractivity contribution in [1.82, 2.24) is 4.57 Å². The van der Waals surface area contributed by atoms with Crippen LogP contribution in [0.3, 0.4) is 0 Å². The van der Waals surface area contributed by atoms with Crippen LogP contribution in [-0.2, 0) is 19.3 Å². The minimum atomic E-state index is 0.188. The van der Waals surface area contributed by atoms with E-state index in [0.717, 1.165) is 65.3 Å². The highest BCUT2D eigenvalue weighted by molar-refractivity contribution is 5.76. The van der Waals surface area contributed by atoms with E-state index < -0.39 is 0 Å². The summed E-state index contributed by atoms with van der Waals surface area (Å²) in [5.74, 6) is 1.20. The second kappa shape index (κ2) is 5.77. The molecule has 0 saturated heterocycles. The lowest BCUT2D eigenvalue weighted by Gasteiger charge is -2.30. The summed E-state index contributed by atoms with van der Waals surface area (Å²) < 4.78 is 2.21. The number of para-hydroxylation sites is 1. The lowest BCUT2D eigenvalue weighted by atomic mass is 9.86. The summed E-state index contributed by atoms with van der Waals surface area (Å²) in [6.07, 6.45) is 3.31. The van der Waals surface area contributed by atoms with E-state index in [1.54, 1.807) is 6.07 Å². The molecule has 0 bridgehead atoms. The second-order valence-corrected chi connectivity index (χ2v) is 7.03. The lowest BCUT2D eigenvalue weighted by molar-refractivity contribution is 0.474. The Kier molecular flexibility index (Phi) is 3.38. The molecule has 0 unspecified atom stereocenters. The maximum absolute atomic E-state index is 13.2. The van der Waals surface area contributed by atoms with E-state index in [4.69, 9.17) is 0 Å². The lowest BCUT2D eigenvalue weighted by Crippen LogP contribution is -2.30. The van der Waals surface area contributed by atoms with Crippen LogP contribution in [0.1, 0.15) is 23.1 Å². The maximum atomic E-state index is 13.2. The summed E-state index contributed by atoms with van der Waals surface area (Å²) in [6.45, 7) is 0.875. The molecule has 5 rings (SSSR count). The molecule has 0 atom stereocenters. The molecule has 130 valence electrons. The first-order valence-corrected chi connectivity index (χ1v) is 9.16. The van der Waals surface area contributed by atoms with E-state index in [9.17, 15) is 9.90 Å². The second-order valence-electron chi connectivity index (χ2n) is 7.03. The number of nitrogens with one attached hydrogen (secondary N) is 1. The molecule has 0 radical (unpaired) electrons. The van der Waals surface area contributed by atoms with Gasteiger partial charge < -0.3 is 10.4 Å². The third-order valence-electron chi connectivity index (χ3n) is 5.47. The van der Waals surface area contributed by atoms with Gasteiger partial charge in [-0.1, -0.05) is 18.2 Å². The number of anilines is 1. The van der Waals surface area contributed by atoms with E-state index in [1.807, 2.05) is 30.3 Å². The molecule has 0 fully saturated rings. The Balaban J connectivity index is 1.92. The van der Waals surface area contributed by atoms with Gasteiger partial charge in [0.05, 0.1) is 5.69 Å². The largest absolute Gasteiger partial charge is 0.508 e. The van der Waals surface area contributed by atoms with Crippen LogP contribution in [-0.4, -0.2) is 16.2 Å². The van der Waals surface area contributed by atoms with E-state index in [0.29, 0.717) is 6.42 Å². The zero-order valence-electron chi connectivity index (χ0n) is 14.5. The summed E-state index contributed by atoms with van der Waals surface area (Å²) >= 11 is 0. The van der Waals surface area contributed by atoms with E-state index in [2.05, 4.69) is 22.0 Å². The molecule has 2 aromatic carbocycles. The number of pyridine rings is 1. The monoisotopic (exact) mass is 344 g/mol. The van der Waals surface area contributed by atoms with Gasteiger partial charge >= 0.3 is 0 Å². The standard InChI is InChI=1S/C22H20N2O2/c25-16-9-11-17-14(13-16)8-10-18-20(17)24(15-5-2-1-3-6-15)22-19(21(18)26)7-4-12-23-22/h1-3,5-6,9,11,13,23,25H,4,7-8,10,12H2. The van der Waals surface area contributed by atoms with Crippen LogP contribution >= 0.6 is 0 Å². The molecule has 3 aromatic rings. The Morgan fingerprint density at radius 3 is 2.65 bits per heavy atom. The van der Waals surface area contributed by atoms with Crippen LogP contribution in [0.25, 0.3) is 16.9 Å². The van der Waals surface area contributed by atoms with Crippen molar-refractivity contribution in [2.45, 2.75) is 25.7 Å². The molecule has 1 aromatic heterocycles. The number of hydrogen-bond donors (Lipinski definition) is 2. The Bertz CT molecular complexity index is 1070. The Hall–Kier alpha value is -3.01. The molecule has 0 amide bonds. The minimum Gasteiger partial charge on any atom is -0.508 e. The van der Waals surface area contributed by atoms with Gasteiger partial charge in [-0.25, -0.2) is 0 Å². The molecular formula is C22H20N2O2. The van der Waals surface area contributed by atoms with Gasteiger partial charge in [-0.05, 0) is 61.6 Å². The van der Waals surface area contributed by atoms with Gasteiger partial charge in [0, 0.05) is 28.9 Å². The van der Waals surface area contributed by atoms with E-state index in [-0.39, 0.29) is 11.2 Å². The molecule has 0 spiro atoms. The van der Waals surface area contributed by atoms with Crippen LogP contribution in [0.15, 0.2) is 53.3 Å². The molecule has 1 aliphatic carbocycles. The van der Waals surface area contributed by atoms with Crippen LogP contribution in [0.5, 0.6) is 5.75 Å². The summed E-state index contributed by atoms with van der Waals surface area (Å²) in [5.41, 5.74) is 6.15. The van der Waals surface area contributed by atoms with Crippen molar-refractivity contribution in [3.05, 3.63) is 75.4 Å². The topological polar surface area (TPSA) is 54.3 Å². The predicted molar refractivity (Wildman–Crippen MR) is 103 cm³/mol. The first kappa shape index (κ1) is 15.3. The average molecular weight is 344 g/mol. The van der Waals surface area contributed by atoms with Gasteiger partial charge in [0.15, 0.2) is 5.43 Å². The van der Waals surface area contributed by atoms with Crippen molar-refractivity contribution < 1.29 is 5.11 Å². The Labute approximate surface area is 151 Å². The highest BCUT2D eigenvalue weighted by Crippen LogP contribution is 2.39. The Morgan fingerprint density at radius 2 is 1.81 bits per heavy atom. The molecule has 0 saturated carbocycles. The van der Waals surface area contributed by atoms with E-state index >= 15 is 0 Å². The highest BCUT2D eigenvalue weighted by atomic mass is 16.3. The third kappa shape index (κ3) is 2.18. The van der Waals surface area contributed by atoms with Crippen LogP contribution < -0.4 is 10.7 Å². The number of rotatable bonds is 1. The van der Waals surface area contributed by atoms with Crippen LogP contribution in [0.4, 0.5) is 5.82 Å². The van der Waals surface area contributed by atoms with Gasteiger partial charge in [-0.2, -0.15) is 0 Å². The molecule has 4 nitrogen and oxygen atoms in total. The summed E-state index contributed by atoms with van der Waals surface area (Å²) in [5, 5.41) is 13.4. The van der Waals surface area contributed by atoms with Gasteiger partial charge in [-0.3, -0.25) is 9.36 Å². The molecule has 2 N–H and O–H groups in total. The number of phenolic OH excluding ortho intramolecular Hbond substituents is 1. The van der Waals surface area contributed by atoms with Crippen molar-refractivity contribution in [2.24, 2.45) is 0 Å². The van der Waals surface area contributed by atoms with E-state index in [1.165, 1.54) is 0 Å². The number of aryl methyl sites for hydroxylation is 1. The fourth-order valence-corrected chi connectivity index (χ4v) is 4.30. The number of fused-ring (bicyclic) bond motifs is 4. The molecule has 2 heterocycles. The fraction of sp³-hybridized carbons (Fsp3) is 0.227. The first-order chi connectivity index (χ1) is 12.7. The quantitative estimate of drug-likeness (QED) is 0.708. The summed E-state index contributed by atoms with van der Waals surface area (Å²) in [7, 11) is 0. The van der Waals surface area contributed by atoms with Crippen molar-refractivity contribution >= 4 is 5.82 Å². The summed E-state index contributed by atoms with van der Waals surface area (Å²) in [4.78, 5) is 13.2. The number of benzene rings is 2. The number of aromatic hydroxyl groups is 1. The van der Waals surface area contributed by atoms with Crippen molar-refractivity contribution in [3.8, 4) is 22.7 Å². The SMILES string of the molecule is O=c1c2c(n(-c3ccccc3)c3c1CCc1cc(O)ccc1-3)NCCC2. The molecule has 26 heavy (non-hydrogen) atoms. The zero-order chi connectivity index (χ0) is 17.7. The van der Waals surface area contributed by atoms with Crippen LogP contribution in [0, 0.1) is 0 Å². The predicted octanol–water partition coefficient (Wildman–Crippen LogP) is 3.67. The van der Waals surface area contributed by atoms with Gasteiger partial charge in [0.25, 0.3) is 0 Å². The van der Waals surface area contributed by atoms with Gasteiger partial charge in [-0.15, -0.1) is 0 Å². The van der Waals surface area contributed by atoms with Gasteiger partial charge in [0.1, 0.15) is 11.6 Å². The van der Waals surface area contributed by atoms with Gasteiger partial charge in [0.2, 0.25) is 0 Å². The van der Waals surface area contributed by atoms with Crippen LogP contribution in [0.2, 0.25) is 0 Å². The summed E-state index contributed by atoms with van der Waals surface area (Å²) in [6, 6.07) is 15.7. The Morgan fingerprint density at radius 1 is 0.962 bits per heavy atom. The molecule has 2 aliphatic rings. The molecular weight excluding hydrogens is 324 g/mol. The number of aromatic nitrogens is 1. The average Bonchev–Trinajstić information content (AvgIpc) is 2.68. The molecule has 1 aliphatic heterocycles.